The SMILES string of the molecule is CCC(c1ccc(C)cc1)c1ncc[nH]1. The Morgan fingerprint density at radius 3 is 2.53 bits per heavy atom. The van der Waals surface area contributed by atoms with E-state index in [9.17, 15) is 0 Å². The Morgan fingerprint density at radius 1 is 1.27 bits per heavy atom. The highest BCUT2D eigenvalue weighted by atomic mass is 14.9. The number of nitrogens with zero attached hydrogens (tertiary/aromatic N) is 1. The van der Waals surface area contributed by atoms with Crippen molar-refractivity contribution in [2.45, 2.75) is 26.2 Å². The van der Waals surface area contributed by atoms with E-state index in [1.807, 2.05) is 12.4 Å². The summed E-state index contributed by atoms with van der Waals surface area (Å²) in [7, 11) is 0. The van der Waals surface area contributed by atoms with E-state index in [2.05, 4.69) is 48.1 Å². The maximum atomic E-state index is 4.33. The van der Waals surface area contributed by atoms with Crippen molar-refractivity contribution in [2.24, 2.45) is 0 Å². The van der Waals surface area contributed by atoms with Crippen molar-refractivity contribution >= 4 is 0 Å². The number of hydrogen-bond acceptors (Lipinski definition) is 1. The van der Waals surface area contributed by atoms with Crippen LogP contribution in [0.1, 0.15) is 36.2 Å². The van der Waals surface area contributed by atoms with E-state index in [0.29, 0.717) is 5.92 Å². The summed E-state index contributed by atoms with van der Waals surface area (Å²) in [6.07, 6.45) is 4.76. The van der Waals surface area contributed by atoms with Crippen molar-refractivity contribution in [3.63, 3.8) is 0 Å². The van der Waals surface area contributed by atoms with Gasteiger partial charge in [-0.3, -0.25) is 0 Å². The number of nitrogens with one attached hydrogen (secondary N) is 1. The Morgan fingerprint density at radius 2 is 2.00 bits per heavy atom. The molecule has 0 aliphatic rings. The second kappa shape index (κ2) is 4.30. The highest BCUT2D eigenvalue weighted by Gasteiger charge is 2.13. The summed E-state index contributed by atoms with van der Waals surface area (Å²) in [6, 6.07) is 8.68. The smallest absolute Gasteiger partial charge is 0.113 e. The molecule has 78 valence electrons. The zero-order valence-corrected chi connectivity index (χ0v) is 9.20. The van der Waals surface area contributed by atoms with Gasteiger partial charge in [-0.1, -0.05) is 36.8 Å². The molecule has 1 atom stereocenters. The molecule has 2 nitrogen and oxygen atoms in total. The summed E-state index contributed by atoms with van der Waals surface area (Å²) >= 11 is 0. The van der Waals surface area contributed by atoms with Crippen LogP contribution >= 0.6 is 0 Å². The van der Waals surface area contributed by atoms with E-state index in [0.717, 1.165) is 12.2 Å². The van der Waals surface area contributed by atoms with Gasteiger partial charge in [-0.2, -0.15) is 0 Å². The lowest BCUT2D eigenvalue weighted by Gasteiger charge is -2.12. The third kappa shape index (κ3) is 2.09. The average Bonchev–Trinajstić information content (AvgIpc) is 2.75. The Bertz CT molecular complexity index is 401. The van der Waals surface area contributed by atoms with Crippen LogP contribution in [-0.2, 0) is 0 Å². The average molecular weight is 200 g/mol. The molecule has 0 bridgehead atoms. The molecular formula is C13H16N2. The fourth-order valence-electron chi connectivity index (χ4n) is 1.85. The molecule has 1 N–H and O–H groups in total. The molecule has 0 amide bonds. The Hall–Kier alpha value is -1.57. The molecule has 0 aliphatic carbocycles. The first kappa shape index (κ1) is 9.97. The van der Waals surface area contributed by atoms with Gasteiger partial charge in [-0.05, 0) is 18.9 Å². The van der Waals surface area contributed by atoms with Crippen molar-refractivity contribution < 1.29 is 0 Å². The van der Waals surface area contributed by atoms with Crippen LogP contribution in [-0.4, -0.2) is 9.97 Å². The summed E-state index contributed by atoms with van der Waals surface area (Å²) in [5.74, 6) is 1.45. The summed E-state index contributed by atoms with van der Waals surface area (Å²) < 4.78 is 0. The van der Waals surface area contributed by atoms with Crippen molar-refractivity contribution in [3.8, 4) is 0 Å². The predicted molar refractivity (Wildman–Crippen MR) is 61.9 cm³/mol. The molecule has 15 heavy (non-hydrogen) atoms. The summed E-state index contributed by atoms with van der Waals surface area (Å²) in [5.41, 5.74) is 2.63. The lowest BCUT2D eigenvalue weighted by atomic mass is 9.95. The highest BCUT2D eigenvalue weighted by Crippen LogP contribution is 2.24. The fraction of sp³-hybridized carbons (Fsp3) is 0.308. The number of aromatic nitrogens is 2. The second-order valence-electron chi connectivity index (χ2n) is 3.85. The van der Waals surface area contributed by atoms with E-state index < -0.39 is 0 Å². The molecule has 0 aliphatic heterocycles. The molecule has 2 aromatic rings. The molecule has 0 spiro atoms. The molecule has 1 heterocycles. The van der Waals surface area contributed by atoms with Crippen molar-refractivity contribution in [1.29, 1.82) is 0 Å². The molecule has 0 fully saturated rings. The number of hydrogen-bond donors (Lipinski definition) is 1. The Balaban J connectivity index is 2.31. The van der Waals surface area contributed by atoms with Gasteiger partial charge in [0.25, 0.3) is 0 Å². The van der Waals surface area contributed by atoms with Gasteiger partial charge >= 0.3 is 0 Å². The van der Waals surface area contributed by atoms with Gasteiger partial charge < -0.3 is 4.98 Å². The maximum absolute atomic E-state index is 4.33. The summed E-state index contributed by atoms with van der Waals surface area (Å²) in [5, 5.41) is 0. The van der Waals surface area contributed by atoms with Gasteiger partial charge in [0.15, 0.2) is 0 Å². The number of aryl methyl sites for hydroxylation is 1. The van der Waals surface area contributed by atoms with Crippen LogP contribution in [0.3, 0.4) is 0 Å². The van der Waals surface area contributed by atoms with Crippen LogP contribution in [0.5, 0.6) is 0 Å². The first-order chi connectivity index (χ1) is 7.31. The zero-order valence-electron chi connectivity index (χ0n) is 9.20. The first-order valence-corrected chi connectivity index (χ1v) is 5.37. The van der Waals surface area contributed by atoms with Crippen molar-refractivity contribution in [2.75, 3.05) is 0 Å². The number of H-pyrrole nitrogens is 1. The molecule has 0 saturated carbocycles. The molecule has 0 saturated heterocycles. The molecule has 0 radical (unpaired) electrons. The van der Waals surface area contributed by atoms with E-state index in [1.165, 1.54) is 11.1 Å². The van der Waals surface area contributed by atoms with Crippen LogP contribution in [0.15, 0.2) is 36.7 Å². The summed E-state index contributed by atoms with van der Waals surface area (Å²) in [4.78, 5) is 7.52. The lowest BCUT2D eigenvalue weighted by molar-refractivity contribution is 0.729. The van der Waals surface area contributed by atoms with Crippen LogP contribution in [0, 0.1) is 6.92 Å². The maximum Gasteiger partial charge on any atom is 0.113 e. The van der Waals surface area contributed by atoms with Gasteiger partial charge in [-0.25, -0.2) is 4.98 Å². The third-order valence-corrected chi connectivity index (χ3v) is 2.74. The monoisotopic (exact) mass is 200 g/mol. The first-order valence-electron chi connectivity index (χ1n) is 5.37. The van der Waals surface area contributed by atoms with Crippen LogP contribution < -0.4 is 0 Å². The molecule has 1 aromatic heterocycles. The second-order valence-corrected chi connectivity index (χ2v) is 3.85. The molecule has 1 unspecified atom stereocenters. The number of benzene rings is 1. The summed E-state index contributed by atoms with van der Waals surface area (Å²) in [6.45, 7) is 4.30. The van der Waals surface area contributed by atoms with Gasteiger partial charge in [-0.15, -0.1) is 0 Å². The van der Waals surface area contributed by atoms with Gasteiger partial charge in [0.05, 0.1) is 0 Å². The van der Waals surface area contributed by atoms with Gasteiger partial charge in [0, 0.05) is 18.3 Å². The lowest BCUT2D eigenvalue weighted by Crippen LogP contribution is -2.01. The number of imidazole rings is 1. The zero-order chi connectivity index (χ0) is 10.7. The van der Waals surface area contributed by atoms with Crippen LogP contribution in [0.4, 0.5) is 0 Å². The normalized spacial score (nSPS) is 12.7. The molecular weight excluding hydrogens is 184 g/mol. The minimum atomic E-state index is 0.389. The fourth-order valence-corrected chi connectivity index (χ4v) is 1.85. The molecule has 1 aromatic carbocycles. The topological polar surface area (TPSA) is 28.7 Å². The van der Waals surface area contributed by atoms with E-state index in [-0.39, 0.29) is 0 Å². The highest BCUT2D eigenvalue weighted by molar-refractivity contribution is 5.28. The Labute approximate surface area is 90.4 Å². The quantitative estimate of drug-likeness (QED) is 0.809. The molecule has 2 heteroatoms. The van der Waals surface area contributed by atoms with Crippen LogP contribution in [0.25, 0.3) is 0 Å². The minimum Gasteiger partial charge on any atom is -0.348 e. The predicted octanol–water partition coefficient (Wildman–Crippen LogP) is 3.26. The standard InChI is InChI=1S/C13H16N2/c1-3-12(13-14-8-9-15-13)11-6-4-10(2)5-7-11/h4-9,12H,3H2,1-2H3,(H,14,15). The number of aromatic amines is 1. The minimum absolute atomic E-state index is 0.389. The third-order valence-electron chi connectivity index (χ3n) is 2.74. The van der Waals surface area contributed by atoms with Crippen molar-refractivity contribution in [1.82, 2.24) is 9.97 Å². The van der Waals surface area contributed by atoms with E-state index >= 15 is 0 Å². The molecule has 2 rings (SSSR count). The number of rotatable bonds is 3. The van der Waals surface area contributed by atoms with Crippen molar-refractivity contribution in [3.05, 3.63) is 53.6 Å². The Kier molecular flexibility index (Phi) is 2.86. The van der Waals surface area contributed by atoms with Gasteiger partial charge in [0.1, 0.15) is 5.82 Å². The van der Waals surface area contributed by atoms with E-state index in [1.54, 1.807) is 0 Å². The van der Waals surface area contributed by atoms with E-state index in [4.69, 9.17) is 0 Å². The van der Waals surface area contributed by atoms with Crippen LogP contribution in [0.2, 0.25) is 0 Å². The largest absolute Gasteiger partial charge is 0.348 e. The van der Waals surface area contributed by atoms with Gasteiger partial charge in [0.2, 0.25) is 0 Å².